The summed E-state index contributed by atoms with van der Waals surface area (Å²) < 4.78 is 38.0. The highest BCUT2D eigenvalue weighted by Gasteiger charge is 2.33. The average molecular weight is 272 g/mol. The number of halogens is 5. The van der Waals surface area contributed by atoms with Crippen molar-refractivity contribution in [2.75, 3.05) is 6.54 Å². The molecule has 1 aromatic carbocycles. The topological polar surface area (TPSA) is 26.0 Å². The van der Waals surface area contributed by atoms with Crippen molar-refractivity contribution in [2.24, 2.45) is 5.73 Å². The van der Waals surface area contributed by atoms with Crippen molar-refractivity contribution in [1.29, 1.82) is 0 Å². The molecule has 1 rings (SSSR count). The number of hydrogen-bond acceptors (Lipinski definition) is 1. The molecule has 0 aromatic heterocycles. The highest BCUT2D eigenvalue weighted by molar-refractivity contribution is 6.42. The summed E-state index contributed by atoms with van der Waals surface area (Å²) in [5.41, 5.74) is 4.65. The molecule has 0 aliphatic carbocycles. The van der Waals surface area contributed by atoms with Crippen LogP contribution in [0.4, 0.5) is 13.2 Å². The van der Waals surface area contributed by atoms with Crippen LogP contribution in [0.5, 0.6) is 0 Å². The maximum absolute atomic E-state index is 12.7. The molecule has 0 saturated carbocycles. The summed E-state index contributed by atoms with van der Waals surface area (Å²) in [6.07, 6.45) is -3.71. The van der Waals surface area contributed by atoms with Gasteiger partial charge in [0.25, 0.3) is 0 Å². The fraction of sp³-hybridized carbons (Fsp3) is 0.400. The van der Waals surface area contributed by atoms with Gasteiger partial charge < -0.3 is 5.73 Å². The zero-order valence-corrected chi connectivity index (χ0v) is 9.76. The Bertz CT molecular complexity index is 377. The zero-order valence-electron chi connectivity index (χ0n) is 8.24. The molecule has 0 heterocycles. The predicted octanol–water partition coefficient (Wildman–Crippen LogP) is 3.90. The lowest BCUT2D eigenvalue weighted by atomic mass is 10.0. The number of aryl methyl sites for hydroxylation is 1. The Kier molecular flexibility index (Phi) is 4.47. The molecule has 0 radical (unpaired) electrons. The first-order valence-electron chi connectivity index (χ1n) is 4.61. The smallest absolute Gasteiger partial charge is 0.330 e. The van der Waals surface area contributed by atoms with Crippen LogP contribution in [0.1, 0.15) is 17.5 Å². The number of nitrogens with two attached hydrogens (primary N) is 1. The van der Waals surface area contributed by atoms with E-state index in [1.165, 1.54) is 6.07 Å². The van der Waals surface area contributed by atoms with Crippen LogP contribution in [0.3, 0.4) is 0 Å². The lowest BCUT2D eigenvalue weighted by Crippen LogP contribution is -2.11. The number of alkyl halides is 3. The second kappa shape index (κ2) is 5.25. The minimum atomic E-state index is -4.42. The van der Waals surface area contributed by atoms with E-state index in [2.05, 4.69) is 0 Å². The molecular weight excluding hydrogens is 262 g/mol. The van der Waals surface area contributed by atoms with Crippen LogP contribution in [-0.4, -0.2) is 6.54 Å². The van der Waals surface area contributed by atoms with Gasteiger partial charge in [-0.25, -0.2) is 0 Å². The van der Waals surface area contributed by atoms with Crippen molar-refractivity contribution < 1.29 is 13.2 Å². The summed E-state index contributed by atoms with van der Waals surface area (Å²) in [4.78, 5) is 0. The summed E-state index contributed by atoms with van der Waals surface area (Å²) in [5, 5.41) is 0.0344. The molecule has 6 heteroatoms. The molecular formula is C10H10Cl2F3N. The monoisotopic (exact) mass is 271 g/mol. The molecule has 1 nitrogen and oxygen atoms in total. The molecule has 0 saturated heterocycles. The second-order valence-electron chi connectivity index (χ2n) is 3.31. The van der Waals surface area contributed by atoms with E-state index in [9.17, 15) is 13.2 Å². The Morgan fingerprint density at radius 2 is 1.69 bits per heavy atom. The van der Waals surface area contributed by atoms with Crippen LogP contribution in [-0.2, 0) is 12.6 Å². The molecule has 0 aliphatic rings. The van der Waals surface area contributed by atoms with Gasteiger partial charge >= 0.3 is 6.18 Å². The average Bonchev–Trinajstić information content (AvgIpc) is 2.17. The molecule has 0 unspecified atom stereocenters. The Hall–Kier alpha value is -0.450. The zero-order chi connectivity index (χ0) is 12.3. The van der Waals surface area contributed by atoms with Crippen LogP contribution in [0, 0.1) is 0 Å². The third-order valence-electron chi connectivity index (χ3n) is 2.10. The van der Waals surface area contributed by atoms with Crippen molar-refractivity contribution in [3.05, 3.63) is 33.3 Å². The second-order valence-corrected chi connectivity index (χ2v) is 4.13. The third-order valence-corrected chi connectivity index (χ3v) is 2.82. The van der Waals surface area contributed by atoms with E-state index in [-0.39, 0.29) is 22.0 Å². The van der Waals surface area contributed by atoms with Crippen LogP contribution < -0.4 is 5.73 Å². The highest BCUT2D eigenvalue weighted by Crippen LogP contribution is 2.37. The van der Waals surface area contributed by atoms with Crippen LogP contribution >= 0.6 is 23.2 Å². The standard InChI is InChI=1S/C10H10Cl2F3N/c11-8-4-6(2-1-3-16)7(5-9(8)12)10(13,14)15/h4-5H,1-3,16H2. The first-order chi connectivity index (χ1) is 7.36. The maximum Gasteiger partial charge on any atom is 0.416 e. The van der Waals surface area contributed by atoms with Crippen LogP contribution in [0.25, 0.3) is 0 Å². The Labute approximate surface area is 101 Å². The maximum atomic E-state index is 12.7. The van der Waals surface area contributed by atoms with Crippen LogP contribution in [0.15, 0.2) is 12.1 Å². The van der Waals surface area contributed by atoms with Gasteiger partial charge in [0.15, 0.2) is 0 Å². The summed E-state index contributed by atoms with van der Waals surface area (Å²) in [7, 11) is 0. The summed E-state index contributed by atoms with van der Waals surface area (Å²) in [6, 6.07) is 2.11. The van der Waals surface area contributed by atoms with E-state index < -0.39 is 11.7 Å². The summed E-state index contributed by atoms with van der Waals surface area (Å²) in [5.74, 6) is 0. The normalized spacial score (nSPS) is 11.9. The lowest BCUT2D eigenvalue weighted by Gasteiger charge is -2.13. The Balaban J connectivity index is 3.17. The van der Waals surface area contributed by atoms with E-state index in [1.54, 1.807) is 0 Å². The predicted molar refractivity (Wildman–Crippen MR) is 58.8 cm³/mol. The van der Waals surface area contributed by atoms with Gasteiger partial charge in [0.2, 0.25) is 0 Å². The third kappa shape index (κ3) is 3.27. The SMILES string of the molecule is NCCCc1cc(Cl)c(Cl)cc1C(F)(F)F. The lowest BCUT2D eigenvalue weighted by molar-refractivity contribution is -0.138. The number of rotatable bonds is 3. The van der Waals surface area contributed by atoms with Crippen molar-refractivity contribution in [3.8, 4) is 0 Å². The fourth-order valence-electron chi connectivity index (χ4n) is 1.35. The van der Waals surface area contributed by atoms with Crippen molar-refractivity contribution in [3.63, 3.8) is 0 Å². The molecule has 1 aromatic rings. The van der Waals surface area contributed by atoms with Gasteiger partial charge in [-0.2, -0.15) is 13.2 Å². The molecule has 2 N–H and O–H groups in total. The molecule has 90 valence electrons. The van der Waals surface area contributed by atoms with Gasteiger partial charge in [-0.15, -0.1) is 0 Å². The minimum Gasteiger partial charge on any atom is -0.330 e. The van der Waals surface area contributed by atoms with Gasteiger partial charge in [0.1, 0.15) is 0 Å². The molecule has 0 spiro atoms. The minimum absolute atomic E-state index is 0.0921. The molecule has 0 amide bonds. The Morgan fingerprint density at radius 1 is 1.12 bits per heavy atom. The summed E-state index contributed by atoms with van der Waals surface area (Å²) in [6.45, 7) is 0.331. The van der Waals surface area contributed by atoms with Crippen molar-refractivity contribution >= 4 is 23.2 Å². The van der Waals surface area contributed by atoms with Crippen molar-refractivity contribution in [2.45, 2.75) is 19.0 Å². The number of benzene rings is 1. The molecule has 0 fully saturated rings. The van der Waals surface area contributed by atoms with E-state index in [4.69, 9.17) is 28.9 Å². The van der Waals surface area contributed by atoms with Gasteiger partial charge in [0, 0.05) is 0 Å². The van der Waals surface area contributed by atoms with Gasteiger partial charge in [-0.1, -0.05) is 23.2 Å². The number of hydrogen-bond donors (Lipinski definition) is 1. The highest BCUT2D eigenvalue weighted by atomic mass is 35.5. The fourth-order valence-corrected chi connectivity index (χ4v) is 1.70. The quantitative estimate of drug-likeness (QED) is 0.887. The first-order valence-corrected chi connectivity index (χ1v) is 5.37. The summed E-state index contributed by atoms with van der Waals surface area (Å²) >= 11 is 11.3. The van der Waals surface area contributed by atoms with Gasteiger partial charge in [-0.05, 0) is 37.1 Å². The molecule has 0 bridgehead atoms. The largest absolute Gasteiger partial charge is 0.416 e. The molecule has 0 atom stereocenters. The van der Waals surface area contributed by atoms with E-state index >= 15 is 0 Å². The van der Waals surface area contributed by atoms with E-state index in [0.29, 0.717) is 13.0 Å². The Morgan fingerprint density at radius 3 is 2.19 bits per heavy atom. The molecule has 0 aliphatic heterocycles. The van der Waals surface area contributed by atoms with E-state index in [0.717, 1.165) is 6.07 Å². The molecule has 16 heavy (non-hydrogen) atoms. The van der Waals surface area contributed by atoms with Gasteiger partial charge in [-0.3, -0.25) is 0 Å². The van der Waals surface area contributed by atoms with Gasteiger partial charge in [0.05, 0.1) is 15.6 Å². The van der Waals surface area contributed by atoms with Crippen molar-refractivity contribution in [1.82, 2.24) is 0 Å². The first kappa shape index (κ1) is 13.6. The van der Waals surface area contributed by atoms with E-state index in [1.807, 2.05) is 0 Å². The van der Waals surface area contributed by atoms with Crippen LogP contribution in [0.2, 0.25) is 10.0 Å².